The molecule has 0 saturated carbocycles. The second-order valence-electron chi connectivity index (χ2n) is 6.17. The number of anilines is 1. The molecule has 1 aliphatic rings. The maximum Gasteiger partial charge on any atom is 0.227 e. The minimum absolute atomic E-state index is 0.0436. The van der Waals surface area contributed by atoms with E-state index in [0.717, 1.165) is 17.7 Å². The van der Waals surface area contributed by atoms with Gasteiger partial charge in [-0.05, 0) is 36.2 Å². The zero-order valence-electron chi connectivity index (χ0n) is 13.8. The molecular formula is C19H17ClF2N2O2. The van der Waals surface area contributed by atoms with E-state index in [9.17, 15) is 18.4 Å². The predicted octanol–water partition coefficient (Wildman–Crippen LogP) is 3.33. The molecule has 1 N–H and O–H groups in total. The Hall–Kier alpha value is -2.47. The molecule has 7 heteroatoms. The lowest BCUT2D eigenvalue weighted by Crippen LogP contribution is -2.34. The van der Waals surface area contributed by atoms with Crippen molar-refractivity contribution in [2.75, 3.05) is 18.0 Å². The Kier molecular flexibility index (Phi) is 5.52. The van der Waals surface area contributed by atoms with Crippen molar-refractivity contribution in [3.8, 4) is 0 Å². The first-order valence-electron chi connectivity index (χ1n) is 8.21. The van der Waals surface area contributed by atoms with Gasteiger partial charge in [-0.3, -0.25) is 9.59 Å². The average Bonchev–Trinajstić information content (AvgIpc) is 2.99. The highest BCUT2D eigenvalue weighted by molar-refractivity contribution is 6.30. The van der Waals surface area contributed by atoms with Crippen LogP contribution in [-0.2, 0) is 16.0 Å². The van der Waals surface area contributed by atoms with E-state index in [1.165, 1.54) is 11.0 Å². The SMILES string of the molecule is O=C(NCCc1cccc(Cl)c1)C1CC(=O)N(c2ccc(F)c(F)c2)C1. The fraction of sp³-hybridized carbons (Fsp3) is 0.263. The van der Waals surface area contributed by atoms with Crippen LogP contribution in [0.1, 0.15) is 12.0 Å². The molecule has 0 spiro atoms. The number of benzene rings is 2. The standard InChI is InChI=1S/C19H17ClF2N2O2/c20-14-3-1-2-12(8-14)6-7-23-19(26)13-9-18(25)24(11-13)15-4-5-16(21)17(22)10-15/h1-5,8,10,13H,6-7,9,11H2,(H,23,26). The minimum Gasteiger partial charge on any atom is -0.355 e. The third-order valence-electron chi connectivity index (χ3n) is 4.31. The van der Waals surface area contributed by atoms with E-state index in [-0.39, 0.29) is 30.5 Å². The van der Waals surface area contributed by atoms with Crippen LogP contribution >= 0.6 is 11.6 Å². The Morgan fingerprint density at radius 3 is 2.73 bits per heavy atom. The molecule has 1 unspecified atom stereocenters. The van der Waals surface area contributed by atoms with E-state index in [0.29, 0.717) is 18.0 Å². The molecule has 1 atom stereocenters. The van der Waals surface area contributed by atoms with Crippen molar-refractivity contribution in [2.45, 2.75) is 12.8 Å². The lowest BCUT2D eigenvalue weighted by molar-refractivity contribution is -0.126. The van der Waals surface area contributed by atoms with Crippen molar-refractivity contribution in [1.29, 1.82) is 0 Å². The Morgan fingerprint density at radius 1 is 1.19 bits per heavy atom. The highest BCUT2D eigenvalue weighted by Crippen LogP contribution is 2.26. The minimum atomic E-state index is -1.02. The van der Waals surface area contributed by atoms with Gasteiger partial charge in [0.1, 0.15) is 0 Å². The molecule has 0 bridgehead atoms. The van der Waals surface area contributed by atoms with Crippen LogP contribution in [0.3, 0.4) is 0 Å². The van der Waals surface area contributed by atoms with Crippen LogP contribution in [-0.4, -0.2) is 24.9 Å². The van der Waals surface area contributed by atoms with Crippen molar-refractivity contribution in [1.82, 2.24) is 5.32 Å². The molecule has 2 amide bonds. The third kappa shape index (κ3) is 4.19. The van der Waals surface area contributed by atoms with Crippen LogP contribution in [0.2, 0.25) is 5.02 Å². The summed E-state index contributed by atoms with van der Waals surface area (Å²) in [5, 5.41) is 3.45. The van der Waals surface area contributed by atoms with Gasteiger partial charge in [-0.15, -0.1) is 0 Å². The zero-order chi connectivity index (χ0) is 18.7. The number of amides is 2. The van der Waals surface area contributed by atoms with Crippen LogP contribution in [0.4, 0.5) is 14.5 Å². The Labute approximate surface area is 154 Å². The van der Waals surface area contributed by atoms with Gasteiger partial charge in [0.15, 0.2) is 11.6 Å². The topological polar surface area (TPSA) is 49.4 Å². The first-order valence-corrected chi connectivity index (χ1v) is 8.59. The summed E-state index contributed by atoms with van der Waals surface area (Å²) in [6.07, 6.45) is 0.669. The van der Waals surface area contributed by atoms with Crippen molar-refractivity contribution in [2.24, 2.45) is 5.92 Å². The summed E-state index contributed by atoms with van der Waals surface area (Å²) in [7, 11) is 0. The van der Waals surface area contributed by atoms with Crippen LogP contribution < -0.4 is 10.2 Å². The summed E-state index contributed by atoms with van der Waals surface area (Å²) in [6, 6.07) is 10.6. The Balaban J connectivity index is 1.55. The van der Waals surface area contributed by atoms with Crippen molar-refractivity contribution < 1.29 is 18.4 Å². The molecule has 0 aromatic heterocycles. The second-order valence-corrected chi connectivity index (χ2v) is 6.61. The van der Waals surface area contributed by atoms with E-state index in [4.69, 9.17) is 11.6 Å². The molecule has 1 saturated heterocycles. The van der Waals surface area contributed by atoms with E-state index in [1.54, 1.807) is 6.07 Å². The summed E-state index contributed by atoms with van der Waals surface area (Å²) in [6.45, 7) is 0.571. The highest BCUT2D eigenvalue weighted by Gasteiger charge is 2.35. The summed E-state index contributed by atoms with van der Waals surface area (Å²) >= 11 is 5.92. The molecule has 2 aromatic carbocycles. The van der Waals surface area contributed by atoms with Gasteiger partial charge < -0.3 is 10.2 Å². The summed E-state index contributed by atoms with van der Waals surface area (Å²) in [5.41, 5.74) is 1.26. The predicted molar refractivity (Wildman–Crippen MR) is 95.0 cm³/mol. The smallest absolute Gasteiger partial charge is 0.227 e. The van der Waals surface area contributed by atoms with Crippen LogP contribution in [0.15, 0.2) is 42.5 Å². The lowest BCUT2D eigenvalue weighted by Gasteiger charge is -2.17. The van der Waals surface area contributed by atoms with Gasteiger partial charge in [-0.1, -0.05) is 23.7 Å². The van der Waals surface area contributed by atoms with E-state index < -0.39 is 17.6 Å². The number of carbonyl (C=O) groups is 2. The molecule has 0 radical (unpaired) electrons. The molecule has 136 valence electrons. The number of nitrogens with one attached hydrogen (secondary N) is 1. The number of hydrogen-bond acceptors (Lipinski definition) is 2. The van der Waals surface area contributed by atoms with Gasteiger partial charge in [-0.25, -0.2) is 8.78 Å². The number of hydrogen-bond donors (Lipinski definition) is 1. The van der Waals surface area contributed by atoms with Gasteiger partial charge in [-0.2, -0.15) is 0 Å². The zero-order valence-corrected chi connectivity index (χ0v) is 14.6. The fourth-order valence-electron chi connectivity index (χ4n) is 2.95. The van der Waals surface area contributed by atoms with Crippen LogP contribution in [0.5, 0.6) is 0 Å². The average molecular weight is 379 g/mol. The van der Waals surface area contributed by atoms with Crippen LogP contribution in [0.25, 0.3) is 0 Å². The second kappa shape index (κ2) is 7.83. The maximum atomic E-state index is 13.4. The number of halogens is 3. The van der Waals surface area contributed by atoms with Crippen molar-refractivity contribution in [3.63, 3.8) is 0 Å². The summed E-state index contributed by atoms with van der Waals surface area (Å²) in [5.74, 6) is -3.04. The van der Waals surface area contributed by atoms with Crippen molar-refractivity contribution >= 4 is 29.1 Å². The van der Waals surface area contributed by atoms with E-state index in [2.05, 4.69) is 5.32 Å². The normalized spacial score (nSPS) is 16.8. The molecule has 1 fully saturated rings. The quantitative estimate of drug-likeness (QED) is 0.867. The Bertz CT molecular complexity index is 844. The molecular weight excluding hydrogens is 362 g/mol. The first kappa shape index (κ1) is 18.3. The first-order chi connectivity index (χ1) is 12.4. The monoisotopic (exact) mass is 378 g/mol. The van der Waals surface area contributed by atoms with Gasteiger partial charge in [0.25, 0.3) is 0 Å². The molecule has 1 heterocycles. The van der Waals surface area contributed by atoms with Gasteiger partial charge in [0.05, 0.1) is 5.92 Å². The van der Waals surface area contributed by atoms with Gasteiger partial charge >= 0.3 is 0 Å². The Morgan fingerprint density at radius 2 is 2.00 bits per heavy atom. The molecule has 4 nitrogen and oxygen atoms in total. The maximum absolute atomic E-state index is 13.4. The fourth-order valence-corrected chi connectivity index (χ4v) is 3.17. The number of rotatable bonds is 5. The molecule has 2 aromatic rings. The van der Waals surface area contributed by atoms with E-state index in [1.807, 2.05) is 18.2 Å². The van der Waals surface area contributed by atoms with E-state index >= 15 is 0 Å². The van der Waals surface area contributed by atoms with Crippen LogP contribution in [0, 0.1) is 17.6 Å². The largest absolute Gasteiger partial charge is 0.355 e. The van der Waals surface area contributed by atoms with Gasteiger partial charge in [0, 0.05) is 36.3 Å². The molecule has 1 aliphatic heterocycles. The number of nitrogens with zero attached hydrogens (tertiary/aromatic N) is 1. The third-order valence-corrected chi connectivity index (χ3v) is 4.55. The number of carbonyl (C=O) groups excluding carboxylic acids is 2. The van der Waals surface area contributed by atoms with Crippen molar-refractivity contribution in [3.05, 3.63) is 64.7 Å². The molecule has 3 rings (SSSR count). The summed E-state index contributed by atoms with van der Waals surface area (Å²) in [4.78, 5) is 25.7. The molecule has 0 aliphatic carbocycles. The molecule has 26 heavy (non-hydrogen) atoms. The summed E-state index contributed by atoms with van der Waals surface area (Å²) < 4.78 is 26.4. The van der Waals surface area contributed by atoms with Gasteiger partial charge in [0.2, 0.25) is 11.8 Å². The highest BCUT2D eigenvalue weighted by atomic mass is 35.5. The lowest BCUT2D eigenvalue weighted by atomic mass is 10.1.